The topological polar surface area (TPSA) is 146 Å². The molecule has 34 heavy (non-hydrogen) atoms. The predicted octanol–water partition coefficient (Wildman–Crippen LogP) is 3.68. The Labute approximate surface area is 211 Å². The minimum absolute atomic E-state index is 0.0862. The first kappa shape index (κ1) is 29.1. The summed E-state index contributed by atoms with van der Waals surface area (Å²) >= 11 is 1.89. The highest BCUT2D eigenvalue weighted by molar-refractivity contribution is 14.1. The van der Waals surface area contributed by atoms with Gasteiger partial charge in [0.1, 0.15) is 13.2 Å². The summed E-state index contributed by atoms with van der Waals surface area (Å²) in [6.45, 7) is 10.2. The van der Waals surface area contributed by atoms with Crippen LogP contribution in [0.15, 0.2) is 0 Å². The molecule has 0 radical (unpaired) electrons. The van der Waals surface area contributed by atoms with E-state index >= 15 is 0 Å². The van der Waals surface area contributed by atoms with Crippen LogP contribution >= 0.6 is 22.6 Å². The number of nitrogens with one attached hydrogen (secondary N) is 2. The van der Waals surface area contributed by atoms with Gasteiger partial charge in [-0.3, -0.25) is 14.4 Å². The summed E-state index contributed by atoms with van der Waals surface area (Å²) < 4.78 is 20.2. The Morgan fingerprint density at radius 2 is 1.35 bits per heavy atom. The zero-order chi connectivity index (χ0) is 26.2. The smallest absolute Gasteiger partial charge is 0.462 e. The zero-order valence-electron chi connectivity index (χ0n) is 20.1. The van der Waals surface area contributed by atoms with E-state index in [4.69, 9.17) is 18.9 Å². The highest BCUT2D eigenvalue weighted by Gasteiger charge is 2.27. The maximum absolute atomic E-state index is 12.9. The second kappa shape index (κ2) is 13.1. The van der Waals surface area contributed by atoms with Gasteiger partial charge in [0, 0.05) is 26.5 Å². The standard InChI is InChI=1S/C22H29IN2O9/c1-10(2)20(28)31-8-9-32-22(30)34-15(7)33-21(29)16-11(3)18(24-13(5)26)12(4)19(17(16)23)25-14(6)27/h10,15H,8-9H2,1-7H3,(H,24,26)(H,25,27). The van der Waals surface area contributed by atoms with Crippen LogP contribution in [0.3, 0.4) is 0 Å². The average Bonchev–Trinajstić information content (AvgIpc) is 2.71. The lowest BCUT2D eigenvalue weighted by atomic mass is 10.00. The van der Waals surface area contributed by atoms with Crippen molar-refractivity contribution < 1.29 is 42.9 Å². The minimum atomic E-state index is -1.32. The second-order valence-electron chi connectivity index (χ2n) is 7.56. The summed E-state index contributed by atoms with van der Waals surface area (Å²) in [6.07, 6.45) is -2.43. The molecule has 0 heterocycles. The molecule has 11 nitrogen and oxygen atoms in total. The Kier molecular flexibility index (Phi) is 11.2. The fraction of sp³-hybridized carbons (Fsp3) is 0.500. The van der Waals surface area contributed by atoms with E-state index in [1.807, 2.05) is 22.6 Å². The van der Waals surface area contributed by atoms with Gasteiger partial charge in [-0.25, -0.2) is 9.59 Å². The normalized spacial score (nSPS) is 11.3. The minimum Gasteiger partial charge on any atom is -0.462 e. The van der Waals surface area contributed by atoms with E-state index in [1.165, 1.54) is 20.8 Å². The van der Waals surface area contributed by atoms with E-state index in [-0.39, 0.29) is 36.5 Å². The van der Waals surface area contributed by atoms with Crippen LogP contribution < -0.4 is 10.6 Å². The number of benzene rings is 1. The number of carbonyl (C=O) groups is 5. The van der Waals surface area contributed by atoms with Crippen LogP contribution in [-0.2, 0) is 33.3 Å². The van der Waals surface area contributed by atoms with Gasteiger partial charge in [0.05, 0.1) is 20.7 Å². The number of hydrogen-bond donors (Lipinski definition) is 2. The maximum Gasteiger partial charge on any atom is 0.511 e. The SMILES string of the molecule is CC(=O)Nc1c(C)c(NC(C)=O)c(I)c(C(=O)OC(C)OC(=O)OCCOC(=O)C(C)C)c1C. The Bertz CT molecular complexity index is 933. The number of amides is 2. The number of halogens is 1. The van der Waals surface area contributed by atoms with Crippen LogP contribution in [0.4, 0.5) is 16.2 Å². The van der Waals surface area contributed by atoms with Crippen molar-refractivity contribution in [1.29, 1.82) is 0 Å². The fourth-order valence-electron chi connectivity index (χ4n) is 2.75. The first-order chi connectivity index (χ1) is 15.8. The van der Waals surface area contributed by atoms with E-state index in [0.717, 1.165) is 0 Å². The van der Waals surface area contributed by atoms with Crippen molar-refractivity contribution in [2.45, 2.75) is 54.8 Å². The van der Waals surface area contributed by atoms with E-state index in [1.54, 1.807) is 27.7 Å². The van der Waals surface area contributed by atoms with Gasteiger partial charge in [-0.15, -0.1) is 0 Å². The Hall–Kier alpha value is -2.90. The summed E-state index contributed by atoms with van der Waals surface area (Å²) in [5.74, 6) is -2.31. The molecule has 2 N–H and O–H groups in total. The maximum atomic E-state index is 12.9. The number of esters is 2. The van der Waals surface area contributed by atoms with E-state index in [9.17, 15) is 24.0 Å². The third-order valence-electron chi connectivity index (χ3n) is 4.30. The first-order valence-electron chi connectivity index (χ1n) is 10.3. The highest BCUT2D eigenvalue weighted by Crippen LogP contribution is 2.37. The lowest BCUT2D eigenvalue weighted by Gasteiger charge is -2.22. The predicted molar refractivity (Wildman–Crippen MR) is 130 cm³/mol. The van der Waals surface area contributed by atoms with Crippen molar-refractivity contribution in [3.8, 4) is 0 Å². The van der Waals surface area contributed by atoms with Gasteiger partial charge in [-0.2, -0.15) is 0 Å². The second-order valence-corrected chi connectivity index (χ2v) is 8.64. The summed E-state index contributed by atoms with van der Waals surface area (Å²) in [6, 6.07) is 0. The molecule has 0 saturated heterocycles. The monoisotopic (exact) mass is 592 g/mol. The van der Waals surface area contributed by atoms with Gasteiger partial charge in [0.2, 0.25) is 18.1 Å². The highest BCUT2D eigenvalue weighted by atomic mass is 127. The average molecular weight is 592 g/mol. The van der Waals surface area contributed by atoms with Crippen LogP contribution in [0.2, 0.25) is 0 Å². The summed E-state index contributed by atoms with van der Waals surface area (Å²) in [4.78, 5) is 59.5. The number of rotatable bonds is 9. The van der Waals surface area contributed by atoms with E-state index in [0.29, 0.717) is 26.1 Å². The van der Waals surface area contributed by atoms with Gasteiger partial charge in [-0.1, -0.05) is 13.8 Å². The third kappa shape index (κ3) is 8.47. The molecule has 0 aliphatic rings. The Morgan fingerprint density at radius 3 is 1.88 bits per heavy atom. The molecule has 188 valence electrons. The molecule has 1 aromatic carbocycles. The molecular formula is C22H29IN2O9. The van der Waals surface area contributed by atoms with Crippen molar-refractivity contribution >= 4 is 63.9 Å². The first-order valence-corrected chi connectivity index (χ1v) is 11.4. The van der Waals surface area contributed by atoms with Crippen molar-refractivity contribution in [2.75, 3.05) is 23.8 Å². The Morgan fingerprint density at radius 1 is 0.824 bits per heavy atom. The Balaban J connectivity index is 2.95. The molecule has 1 aromatic rings. The van der Waals surface area contributed by atoms with E-state index < -0.39 is 24.4 Å². The molecule has 1 unspecified atom stereocenters. The van der Waals surface area contributed by atoms with Gasteiger partial charge in [-0.05, 0) is 47.6 Å². The lowest BCUT2D eigenvalue weighted by Crippen LogP contribution is -2.25. The number of carbonyl (C=O) groups excluding carboxylic acids is 5. The van der Waals surface area contributed by atoms with Crippen molar-refractivity contribution in [2.24, 2.45) is 5.92 Å². The molecule has 0 saturated carbocycles. The summed E-state index contributed by atoms with van der Waals surface area (Å²) in [5, 5.41) is 5.32. The fourth-order valence-corrected chi connectivity index (χ4v) is 3.92. The quantitative estimate of drug-likeness (QED) is 0.144. The van der Waals surface area contributed by atoms with Crippen molar-refractivity contribution in [3.05, 3.63) is 20.3 Å². The number of hydrogen-bond acceptors (Lipinski definition) is 9. The molecule has 12 heteroatoms. The zero-order valence-corrected chi connectivity index (χ0v) is 22.3. The molecule has 0 aromatic heterocycles. The van der Waals surface area contributed by atoms with Gasteiger partial charge in [0.25, 0.3) is 0 Å². The van der Waals surface area contributed by atoms with Crippen LogP contribution in [0.1, 0.15) is 56.1 Å². The van der Waals surface area contributed by atoms with E-state index in [2.05, 4.69) is 10.6 Å². The molecule has 2 amide bonds. The molecule has 0 aliphatic heterocycles. The summed E-state index contributed by atoms with van der Waals surface area (Å²) in [7, 11) is 0. The number of ether oxygens (including phenoxy) is 4. The van der Waals surface area contributed by atoms with Crippen LogP contribution in [-0.4, -0.2) is 49.4 Å². The summed E-state index contributed by atoms with van der Waals surface area (Å²) in [5.41, 5.74) is 1.77. The van der Waals surface area contributed by atoms with Crippen molar-refractivity contribution in [1.82, 2.24) is 0 Å². The van der Waals surface area contributed by atoms with Crippen molar-refractivity contribution in [3.63, 3.8) is 0 Å². The molecule has 0 aliphatic carbocycles. The molecule has 0 spiro atoms. The third-order valence-corrected chi connectivity index (χ3v) is 5.38. The molecule has 0 bridgehead atoms. The molecule has 1 rings (SSSR count). The lowest BCUT2D eigenvalue weighted by molar-refractivity contribution is -0.149. The van der Waals surface area contributed by atoms with Gasteiger partial charge in [0.15, 0.2) is 0 Å². The van der Waals surface area contributed by atoms with Crippen LogP contribution in [0, 0.1) is 23.3 Å². The molecular weight excluding hydrogens is 563 g/mol. The van der Waals surface area contributed by atoms with Crippen LogP contribution in [0.25, 0.3) is 0 Å². The largest absolute Gasteiger partial charge is 0.511 e. The number of anilines is 2. The molecule has 0 fully saturated rings. The van der Waals surface area contributed by atoms with Crippen LogP contribution in [0.5, 0.6) is 0 Å². The molecule has 1 atom stereocenters. The van der Waals surface area contributed by atoms with Gasteiger partial charge < -0.3 is 29.6 Å². The van der Waals surface area contributed by atoms with Gasteiger partial charge >= 0.3 is 18.1 Å².